The van der Waals surface area contributed by atoms with Crippen molar-refractivity contribution in [2.45, 2.75) is 45.6 Å². The third-order valence-corrected chi connectivity index (χ3v) is 1.65. The summed E-state index contributed by atoms with van der Waals surface area (Å²) in [6.07, 6.45) is 4.96. The zero-order valence-corrected chi connectivity index (χ0v) is 7.77. The maximum Gasteiger partial charge on any atom is 0.0636 e. The van der Waals surface area contributed by atoms with E-state index in [1.54, 1.807) is 6.92 Å². The molecular weight excluding hydrogens is 138 g/mol. The third-order valence-electron chi connectivity index (χ3n) is 1.65. The summed E-state index contributed by atoms with van der Waals surface area (Å²) < 4.78 is 0. The molecule has 2 heteroatoms. The van der Waals surface area contributed by atoms with Crippen LogP contribution in [0.1, 0.15) is 39.5 Å². The number of rotatable bonds is 7. The first-order valence-corrected chi connectivity index (χ1v) is 4.66. The Hall–Kier alpha value is -0.0800. The lowest BCUT2D eigenvalue weighted by Gasteiger charge is -2.05. The van der Waals surface area contributed by atoms with Crippen LogP contribution in [0, 0.1) is 0 Å². The molecule has 0 aliphatic rings. The molecule has 0 unspecified atom stereocenters. The Labute approximate surface area is 70.0 Å². The lowest BCUT2D eigenvalue weighted by Crippen LogP contribution is -2.25. The molecule has 0 aromatic carbocycles. The molecule has 0 aliphatic carbocycles. The van der Waals surface area contributed by atoms with E-state index in [9.17, 15) is 0 Å². The largest absolute Gasteiger partial charge is 0.392 e. The number of hydrogen-bond acceptors (Lipinski definition) is 2. The first-order valence-electron chi connectivity index (χ1n) is 4.66. The summed E-state index contributed by atoms with van der Waals surface area (Å²) >= 11 is 0. The predicted molar refractivity (Wildman–Crippen MR) is 48.7 cm³/mol. The Balaban J connectivity index is 2.80. The second-order valence-corrected chi connectivity index (χ2v) is 3.11. The minimum absolute atomic E-state index is 0.207. The monoisotopic (exact) mass is 159 g/mol. The zero-order valence-electron chi connectivity index (χ0n) is 7.77. The summed E-state index contributed by atoms with van der Waals surface area (Å²) in [5, 5.41) is 12.1. The Morgan fingerprint density at radius 1 is 1.27 bits per heavy atom. The molecule has 0 radical (unpaired) electrons. The van der Waals surface area contributed by atoms with Gasteiger partial charge in [0.2, 0.25) is 0 Å². The standard InChI is InChI=1S/C9H21NO/c1-3-4-5-6-7-10-8-9(2)11/h9-11H,3-8H2,1-2H3/t9-/m0/s1. The molecule has 2 N–H and O–H groups in total. The highest BCUT2D eigenvalue weighted by atomic mass is 16.3. The van der Waals surface area contributed by atoms with Gasteiger partial charge in [0, 0.05) is 6.54 Å². The van der Waals surface area contributed by atoms with Crippen LogP contribution in [0.15, 0.2) is 0 Å². The quantitative estimate of drug-likeness (QED) is 0.552. The van der Waals surface area contributed by atoms with Gasteiger partial charge in [-0.2, -0.15) is 0 Å². The second-order valence-electron chi connectivity index (χ2n) is 3.11. The smallest absolute Gasteiger partial charge is 0.0636 e. The molecule has 0 fully saturated rings. The van der Waals surface area contributed by atoms with Gasteiger partial charge in [-0.1, -0.05) is 26.2 Å². The average molecular weight is 159 g/mol. The van der Waals surface area contributed by atoms with E-state index in [1.807, 2.05) is 0 Å². The van der Waals surface area contributed by atoms with Gasteiger partial charge in [-0.05, 0) is 19.9 Å². The Bertz CT molecular complexity index is 74.0. The lowest BCUT2D eigenvalue weighted by molar-refractivity contribution is 0.191. The first kappa shape index (κ1) is 10.9. The van der Waals surface area contributed by atoms with Crippen molar-refractivity contribution in [2.24, 2.45) is 0 Å². The summed E-state index contributed by atoms with van der Waals surface area (Å²) in [6.45, 7) is 5.79. The van der Waals surface area contributed by atoms with Crippen LogP contribution < -0.4 is 5.32 Å². The molecule has 0 rings (SSSR count). The van der Waals surface area contributed by atoms with Crippen molar-refractivity contribution in [3.8, 4) is 0 Å². The van der Waals surface area contributed by atoms with Crippen LogP contribution in [0.5, 0.6) is 0 Å². The van der Waals surface area contributed by atoms with Crippen LogP contribution in [0.2, 0.25) is 0 Å². The maximum atomic E-state index is 8.89. The van der Waals surface area contributed by atoms with Crippen molar-refractivity contribution in [3.63, 3.8) is 0 Å². The van der Waals surface area contributed by atoms with Crippen molar-refractivity contribution < 1.29 is 5.11 Å². The van der Waals surface area contributed by atoms with Crippen molar-refractivity contribution in [1.82, 2.24) is 5.32 Å². The predicted octanol–water partition coefficient (Wildman–Crippen LogP) is 1.54. The molecule has 0 aromatic heterocycles. The molecule has 0 spiro atoms. The fraction of sp³-hybridized carbons (Fsp3) is 1.00. The molecule has 2 nitrogen and oxygen atoms in total. The number of aliphatic hydroxyl groups excluding tert-OH is 1. The van der Waals surface area contributed by atoms with E-state index in [-0.39, 0.29) is 6.10 Å². The minimum atomic E-state index is -0.207. The fourth-order valence-electron chi connectivity index (χ4n) is 0.988. The molecular formula is C9H21NO. The third kappa shape index (κ3) is 9.92. The highest BCUT2D eigenvalue weighted by molar-refractivity contribution is 4.52. The number of aliphatic hydroxyl groups is 1. The van der Waals surface area contributed by atoms with Gasteiger partial charge in [-0.3, -0.25) is 0 Å². The van der Waals surface area contributed by atoms with Gasteiger partial charge in [0.1, 0.15) is 0 Å². The summed E-state index contributed by atoms with van der Waals surface area (Å²) in [5.74, 6) is 0. The van der Waals surface area contributed by atoms with Crippen LogP contribution in [-0.2, 0) is 0 Å². The van der Waals surface area contributed by atoms with Crippen molar-refractivity contribution in [2.75, 3.05) is 13.1 Å². The Kier molecular flexibility index (Phi) is 7.96. The van der Waals surface area contributed by atoms with Crippen molar-refractivity contribution in [1.29, 1.82) is 0 Å². The van der Waals surface area contributed by atoms with Gasteiger partial charge in [0.25, 0.3) is 0 Å². The molecule has 0 aromatic rings. The molecule has 1 atom stereocenters. The van der Waals surface area contributed by atoms with Gasteiger partial charge in [0.15, 0.2) is 0 Å². The van der Waals surface area contributed by atoms with Crippen LogP contribution >= 0.6 is 0 Å². The van der Waals surface area contributed by atoms with Crippen LogP contribution in [0.3, 0.4) is 0 Å². The van der Waals surface area contributed by atoms with E-state index >= 15 is 0 Å². The van der Waals surface area contributed by atoms with Gasteiger partial charge in [-0.15, -0.1) is 0 Å². The van der Waals surface area contributed by atoms with Crippen LogP contribution in [0.25, 0.3) is 0 Å². The van der Waals surface area contributed by atoms with Gasteiger partial charge in [0.05, 0.1) is 6.10 Å². The summed E-state index contributed by atoms with van der Waals surface area (Å²) in [7, 11) is 0. The Morgan fingerprint density at radius 2 is 2.00 bits per heavy atom. The van der Waals surface area contributed by atoms with E-state index in [2.05, 4.69) is 12.2 Å². The van der Waals surface area contributed by atoms with E-state index in [0.29, 0.717) is 0 Å². The first-order chi connectivity index (χ1) is 5.27. The van der Waals surface area contributed by atoms with E-state index in [4.69, 9.17) is 5.11 Å². The molecule has 11 heavy (non-hydrogen) atoms. The maximum absolute atomic E-state index is 8.89. The van der Waals surface area contributed by atoms with Crippen molar-refractivity contribution >= 4 is 0 Å². The molecule has 68 valence electrons. The number of hydrogen-bond donors (Lipinski definition) is 2. The molecule has 0 saturated carbocycles. The van der Waals surface area contributed by atoms with E-state index in [0.717, 1.165) is 13.1 Å². The van der Waals surface area contributed by atoms with Gasteiger partial charge < -0.3 is 10.4 Å². The normalized spacial score (nSPS) is 13.4. The number of nitrogens with one attached hydrogen (secondary N) is 1. The fourth-order valence-corrected chi connectivity index (χ4v) is 0.988. The van der Waals surface area contributed by atoms with E-state index < -0.39 is 0 Å². The zero-order chi connectivity index (χ0) is 8.53. The van der Waals surface area contributed by atoms with Crippen molar-refractivity contribution in [3.05, 3.63) is 0 Å². The summed E-state index contributed by atoms with van der Waals surface area (Å²) in [6, 6.07) is 0. The number of unbranched alkanes of at least 4 members (excludes halogenated alkanes) is 3. The highest BCUT2D eigenvalue weighted by Crippen LogP contribution is 1.96. The topological polar surface area (TPSA) is 32.3 Å². The highest BCUT2D eigenvalue weighted by Gasteiger charge is 1.92. The SMILES string of the molecule is CCCCCCNC[C@H](C)O. The molecule has 0 heterocycles. The Morgan fingerprint density at radius 3 is 2.55 bits per heavy atom. The van der Waals surface area contributed by atoms with Crippen LogP contribution in [-0.4, -0.2) is 24.3 Å². The van der Waals surface area contributed by atoms with Gasteiger partial charge in [-0.25, -0.2) is 0 Å². The second kappa shape index (κ2) is 8.02. The van der Waals surface area contributed by atoms with Crippen LogP contribution in [0.4, 0.5) is 0 Å². The average Bonchev–Trinajstić information content (AvgIpc) is 1.96. The minimum Gasteiger partial charge on any atom is -0.392 e. The molecule has 0 saturated heterocycles. The molecule has 0 aliphatic heterocycles. The molecule has 0 bridgehead atoms. The van der Waals surface area contributed by atoms with E-state index in [1.165, 1.54) is 25.7 Å². The summed E-state index contributed by atoms with van der Waals surface area (Å²) in [4.78, 5) is 0. The summed E-state index contributed by atoms with van der Waals surface area (Å²) in [5.41, 5.74) is 0. The van der Waals surface area contributed by atoms with Gasteiger partial charge >= 0.3 is 0 Å². The molecule has 0 amide bonds. The lowest BCUT2D eigenvalue weighted by atomic mass is 10.2.